The molecule has 9 heteroatoms. The van der Waals surface area contributed by atoms with Crippen LogP contribution in [-0.4, -0.2) is 30.9 Å². The topological polar surface area (TPSA) is 66.8 Å². The molecule has 3 heterocycles. The normalized spacial score (nSPS) is 19.2. The van der Waals surface area contributed by atoms with E-state index in [1.807, 2.05) is 17.5 Å². The smallest absolute Gasteiger partial charge is 0.286 e. The van der Waals surface area contributed by atoms with Crippen molar-refractivity contribution < 1.29 is 13.2 Å². The van der Waals surface area contributed by atoms with Gasteiger partial charge in [0.2, 0.25) is 0 Å². The van der Waals surface area contributed by atoms with E-state index >= 15 is 0 Å². The summed E-state index contributed by atoms with van der Waals surface area (Å²) in [5.74, 6) is -0.217. The van der Waals surface area contributed by atoms with Gasteiger partial charge in [-0.15, -0.1) is 27.1 Å². The Bertz CT molecular complexity index is 865. The Labute approximate surface area is 146 Å². The van der Waals surface area contributed by atoms with Crippen LogP contribution in [0.4, 0.5) is 0 Å². The molecule has 1 aliphatic rings. The number of amides is 1. The Morgan fingerprint density at radius 1 is 1.22 bits per heavy atom. The van der Waals surface area contributed by atoms with Gasteiger partial charge in [0.25, 0.3) is 15.9 Å². The molecule has 0 atom stereocenters. The molecule has 2 aromatic heterocycles. The predicted octanol–water partition coefficient (Wildman–Crippen LogP) is 3.49. The average Bonchev–Trinajstić information content (AvgIpc) is 3.23. The first-order valence-corrected chi connectivity index (χ1v) is 10.7. The molecule has 120 valence electrons. The minimum absolute atomic E-state index is 0.171. The highest BCUT2D eigenvalue weighted by atomic mass is 32.2. The second kappa shape index (κ2) is 6.60. The van der Waals surface area contributed by atoms with Crippen molar-refractivity contribution in [2.75, 3.05) is 6.54 Å². The molecule has 0 bridgehead atoms. The summed E-state index contributed by atoms with van der Waals surface area (Å²) in [7, 11) is -3.79. The SMILES string of the molecule is CCN1C(=O)/C(=C\c2cccs2)SC1=NS(=O)(=O)c1cccs1. The zero-order valence-corrected chi connectivity index (χ0v) is 15.3. The zero-order chi connectivity index (χ0) is 16.4. The number of hydrogen-bond donors (Lipinski definition) is 0. The van der Waals surface area contributed by atoms with E-state index in [1.165, 1.54) is 22.3 Å². The van der Waals surface area contributed by atoms with Crippen LogP contribution in [0.5, 0.6) is 0 Å². The monoisotopic (exact) mass is 384 g/mol. The predicted molar refractivity (Wildman–Crippen MR) is 96.2 cm³/mol. The van der Waals surface area contributed by atoms with Gasteiger partial charge in [-0.2, -0.15) is 8.42 Å². The molecule has 3 rings (SSSR count). The molecule has 2 aromatic rings. The van der Waals surface area contributed by atoms with Gasteiger partial charge in [0.05, 0.1) is 4.91 Å². The summed E-state index contributed by atoms with van der Waals surface area (Å²) in [5.41, 5.74) is 0. The number of hydrogen-bond acceptors (Lipinski definition) is 6. The lowest BCUT2D eigenvalue weighted by Gasteiger charge is -2.11. The standard InChI is InChI=1S/C14H12N2O3S4/c1-2-16-13(17)11(9-10-5-3-7-20-10)22-14(16)15-23(18,19)12-6-4-8-21-12/h3-9H,2H2,1H3/b11-9+,15-14?. The molecule has 0 aromatic carbocycles. The second-order valence-electron chi connectivity index (χ2n) is 4.46. The van der Waals surface area contributed by atoms with Crippen LogP contribution in [0, 0.1) is 0 Å². The van der Waals surface area contributed by atoms with Gasteiger partial charge in [0.1, 0.15) is 4.21 Å². The van der Waals surface area contributed by atoms with Gasteiger partial charge in [-0.25, -0.2) is 0 Å². The molecule has 0 saturated carbocycles. The maximum absolute atomic E-state index is 12.4. The van der Waals surface area contributed by atoms with E-state index in [0.717, 1.165) is 28.0 Å². The van der Waals surface area contributed by atoms with Crippen LogP contribution in [0.3, 0.4) is 0 Å². The van der Waals surface area contributed by atoms with Crippen molar-refractivity contribution in [2.24, 2.45) is 4.40 Å². The van der Waals surface area contributed by atoms with Crippen LogP contribution >= 0.6 is 34.4 Å². The number of thiophene rings is 2. The van der Waals surface area contributed by atoms with Crippen molar-refractivity contribution in [1.29, 1.82) is 0 Å². The van der Waals surface area contributed by atoms with Gasteiger partial charge in [0, 0.05) is 11.4 Å². The first-order valence-electron chi connectivity index (χ1n) is 6.64. The number of carbonyl (C=O) groups is 1. The third-order valence-electron chi connectivity index (χ3n) is 2.97. The number of thioether (sulfide) groups is 1. The Morgan fingerprint density at radius 3 is 2.57 bits per heavy atom. The van der Waals surface area contributed by atoms with Crippen LogP contribution in [-0.2, 0) is 14.8 Å². The number of likely N-dealkylation sites (N-methyl/N-ethyl adjacent to an activating group) is 1. The van der Waals surface area contributed by atoms with E-state index in [-0.39, 0.29) is 15.3 Å². The van der Waals surface area contributed by atoms with Crippen molar-refractivity contribution in [3.05, 3.63) is 44.8 Å². The maximum Gasteiger partial charge on any atom is 0.294 e. The number of rotatable bonds is 4. The summed E-state index contributed by atoms with van der Waals surface area (Å²) in [6, 6.07) is 6.96. The van der Waals surface area contributed by atoms with Crippen molar-refractivity contribution in [1.82, 2.24) is 4.90 Å². The van der Waals surface area contributed by atoms with Gasteiger partial charge in [0.15, 0.2) is 5.17 Å². The third kappa shape index (κ3) is 3.42. The Kier molecular flexibility index (Phi) is 4.72. The minimum atomic E-state index is -3.79. The molecule has 0 radical (unpaired) electrons. The van der Waals surface area contributed by atoms with E-state index in [9.17, 15) is 13.2 Å². The molecule has 0 unspecified atom stereocenters. The minimum Gasteiger partial charge on any atom is -0.286 e. The summed E-state index contributed by atoms with van der Waals surface area (Å²) in [5, 5.41) is 3.80. The first-order chi connectivity index (χ1) is 11.0. The molecule has 1 amide bonds. The zero-order valence-electron chi connectivity index (χ0n) is 12.0. The summed E-state index contributed by atoms with van der Waals surface area (Å²) in [6.45, 7) is 2.16. The van der Waals surface area contributed by atoms with Crippen LogP contribution in [0.25, 0.3) is 6.08 Å². The number of carbonyl (C=O) groups excluding carboxylic acids is 1. The summed E-state index contributed by atoms with van der Waals surface area (Å²) in [6.07, 6.45) is 1.76. The van der Waals surface area contributed by atoms with Crippen LogP contribution < -0.4 is 0 Å². The lowest BCUT2D eigenvalue weighted by molar-refractivity contribution is -0.122. The molecule has 0 N–H and O–H groups in total. The quantitative estimate of drug-likeness (QED) is 0.757. The number of nitrogens with zero attached hydrogens (tertiary/aromatic N) is 2. The first kappa shape index (κ1) is 16.4. The van der Waals surface area contributed by atoms with Crippen molar-refractivity contribution in [3.63, 3.8) is 0 Å². The Balaban J connectivity index is 1.97. The lowest BCUT2D eigenvalue weighted by Crippen LogP contribution is -2.29. The molecule has 1 saturated heterocycles. The highest BCUT2D eigenvalue weighted by Crippen LogP contribution is 2.34. The van der Waals surface area contributed by atoms with Gasteiger partial charge < -0.3 is 0 Å². The Morgan fingerprint density at radius 2 is 1.96 bits per heavy atom. The number of amidine groups is 1. The molecule has 1 fully saturated rings. The fourth-order valence-corrected chi connectivity index (χ4v) is 5.85. The lowest BCUT2D eigenvalue weighted by atomic mass is 10.4. The average molecular weight is 385 g/mol. The third-order valence-corrected chi connectivity index (χ3v) is 7.55. The molecular formula is C14H12N2O3S4. The molecule has 0 spiro atoms. The van der Waals surface area contributed by atoms with Crippen LogP contribution in [0.1, 0.15) is 11.8 Å². The highest BCUT2D eigenvalue weighted by Gasteiger charge is 2.34. The van der Waals surface area contributed by atoms with E-state index in [0.29, 0.717) is 11.4 Å². The largest absolute Gasteiger partial charge is 0.294 e. The fourth-order valence-electron chi connectivity index (χ4n) is 1.92. The van der Waals surface area contributed by atoms with E-state index in [1.54, 1.807) is 24.4 Å². The van der Waals surface area contributed by atoms with E-state index in [2.05, 4.69) is 4.40 Å². The number of sulfonamides is 1. The van der Waals surface area contributed by atoms with Gasteiger partial charge in [-0.1, -0.05) is 12.1 Å². The van der Waals surface area contributed by atoms with Gasteiger partial charge in [-0.05, 0) is 47.7 Å². The fraction of sp³-hybridized carbons (Fsp3) is 0.143. The van der Waals surface area contributed by atoms with Crippen LogP contribution in [0.15, 0.2) is 48.5 Å². The van der Waals surface area contributed by atoms with Crippen molar-refractivity contribution in [2.45, 2.75) is 11.1 Å². The molecule has 0 aliphatic carbocycles. The van der Waals surface area contributed by atoms with Gasteiger partial charge in [-0.3, -0.25) is 9.69 Å². The summed E-state index contributed by atoms with van der Waals surface area (Å²) < 4.78 is 28.6. The van der Waals surface area contributed by atoms with E-state index in [4.69, 9.17) is 0 Å². The molecule has 23 heavy (non-hydrogen) atoms. The van der Waals surface area contributed by atoms with E-state index < -0.39 is 10.0 Å². The van der Waals surface area contributed by atoms with Crippen LogP contribution in [0.2, 0.25) is 0 Å². The molecule has 1 aliphatic heterocycles. The highest BCUT2D eigenvalue weighted by molar-refractivity contribution is 8.19. The summed E-state index contributed by atoms with van der Waals surface area (Å²) in [4.78, 5) is 15.2. The second-order valence-corrected chi connectivity index (χ2v) is 9.22. The van der Waals surface area contributed by atoms with Crippen molar-refractivity contribution >= 4 is 61.6 Å². The Hall–Kier alpha value is -1.42. The molecular weight excluding hydrogens is 372 g/mol. The van der Waals surface area contributed by atoms with Gasteiger partial charge >= 0.3 is 0 Å². The molecule has 5 nitrogen and oxygen atoms in total. The summed E-state index contributed by atoms with van der Waals surface area (Å²) >= 11 is 3.72. The maximum atomic E-state index is 12.4. The van der Waals surface area contributed by atoms with Crippen molar-refractivity contribution in [3.8, 4) is 0 Å².